The summed E-state index contributed by atoms with van der Waals surface area (Å²) in [6.07, 6.45) is 3.05. The van der Waals surface area contributed by atoms with Gasteiger partial charge in [-0.1, -0.05) is 23.2 Å². The summed E-state index contributed by atoms with van der Waals surface area (Å²) in [5.74, 6) is 2.39. The second-order valence-electron chi connectivity index (χ2n) is 12.3. The predicted octanol–water partition coefficient (Wildman–Crippen LogP) is 11.0. The van der Waals surface area contributed by atoms with Crippen molar-refractivity contribution < 1.29 is 19.1 Å². The summed E-state index contributed by atoms with van der Waals surface area (Å²) in [7, 11) is 6.84. The lowest BCUT2D eigenvalue weighted by Crippen LogP contribution is -2.18. The molecule has 0 saturated heterocycles. The van der Waals surface area contributed by atoms with Crippen LogP contribution in [0.1, 0.15) is 21.0 Å². The Morgan fingerprint density at radius 1 is 0.754 bits per heavy atom. The minimum atomic E-state index is -0.273. The van der Waals surface area contributed by atoms with Gasteiger partial charge in [-0.25, -0.2) is 4.98 Å². The average Bonchev–Trinajstić information content (AvgIpc) is 3.56. The van der Waals surface area contributed by atoms with Gasteiger partial charge in [0.15, 0.2) is 0 Å². The largest absolute Gasteiger partial charge is 0.457 e. The van der Waals surface area contributed by atoms with E-state index in [2.05, 4.69) is 90.5 Å². The smallest absolute Gasteiger partial charge is 0.269 e. The van der Waals surface area contributed by atoms with Crippen molar-refractivity contribution in [2.24, 2.45) is 12.0 Å². The number of halogens is 4. The van der Waals surface area contributed by atoms with Crippen LogP contribution in [0.15, 0.2) is 123 Å². The van der Waals surface area contributed by atoms with Crippen LogP contribution in [0.5, 0.6) is 23.0 Å². The number of aliphatic imine (C=N–C) groups is 1. The Hall–Kier alpha value is -6.07. The summed E-state index contributed by atoms with van der Waals surface area (Å²) < 4.78 is 15.1. The van der Waals surface area contributed by atoms with Crippen molar-refractivity contribution in [1.29, 1.82) is 0 Å². The molecule has 0 spiro atoms. The maximum Gasteiger partial charge on any atom is 0.269 e. The number of nitrogens with zero attached hydrogens (tertiary/aromatic N) is 5. The first-order valence-corrected chi connectivity index (χ1v) is 20.6. The van der Waals surface area contributed by atoms with Crippen molar-refractivity contribution in [3.05, 3.63) is 140 Å². The fraction of sp³-hybridized carbons (Fsp3) is 0.0952. The number of amides is 2. The lowest BCUT2D eigenvalue weighted by atomic mass is 10.2. The lowest BCUT2D eigenvalue weighted by Gasteiger charge is -2.10. The van der Waals surface area contributed by atoms with Gasteiger partial charge in [-0.05, 0) is 117 Å². The number of nitrogens with two attached hydrogens (primary N) is 1. The second-order valence-corrected chi connectivity index (χ2v) is 15.0. The maximum atomic E-state index is 11.8. The van der Waals surface area contributed by atoms with E-state index in [-0.39, 0.29) is 17.5 Å². The number of imidazole rings is 1. The summed E-state index contributed by atoms with van der Waals surface area (Å²) in [4.78, 5) is 39.7. The van der Waals surface area contributed by atoms with E-state index in [9.17, 15) is 9.59 Å². The molecule has 7 rings (SSSR count). The number of pyridine rings is 2. The highest BCUT2D eigenvalue weighted by Gasteiger charge is 2.12. The number of anilines is 4. The number of aryl methyl sites for hydroxylation is 1. The summed E-state index contributed by atoms with van der Waals surface area (Å²) in [5.41, 5.74) is 11.2. The fourth-order valence-electron chi connectivity index (χ4n) is 5.22. The number of nitrogens with one attached hydrogen (secondary N) is 4. The molecule has 3 aromatic heterocycles. The topological polar surface area (TPSA) is 183 Å². The van der Waals surface area contributed by atoms with Crippen molar-refractivity contribution >= 4 is 124 Å². The fourth-order valence-corrected chi connectivity index (χ4v) is 6.31. The van der Waals surface area contributed by atoms with E-state index in [0.717, 1.165) is 37.0 Å². The van der Waals surface area contributed by atoms with Crippen LogP contribution in [-0.2, 0) is 7.05 Å². The van der Waals surface area contributed by atoms with Gasteiger partial charge in [0, 0.05) is 79.5 Å². The standard InChI is InChI=1S/C21H17BrClN5O2.C14H16N4O2.C7H3BrClNS/c1-24-20(29)18-11-14(7-8-25-18)30-13-4-6-19-17(10-13)27-21(28(19)2)26-12-3-5-16(23)15(22)9-12;1-16-12-4-3-9(7-11(12)15)20-10-5-6-18-13(8-10)14(19)17-2;8-6-3-5(10-4-11)1-2-7(6)9/h3-11H,1-2H3,(H,24,29)(H,26,27);3-8,16H,15H2,1-2H3,(H,17,19);1-3H. The van der Waals surface area contributed by atoms with Gasteiger partial charge in [0.25, 0.3) is 11.8 Å². The molecule has 2 amide bonds. The summed E-state index contributed by atoms with van der Waals surface area (Å²) in [6, 6.07) is 28.4. The van der Waals surface area contributed by atoms with E-state index in [1.165, 1.54) is 12.4 Å². The SMILES string of the molecule is CNC(=O)c1cc(Oc2ccc(NC)c(N)c2)ccn1.CNC(=O)c1cc(Oc2ccc3c(c2)nc(Nc2ccc(Cl)c(Br)c2)n3C)ccn1.S=C=Nc1ccc(Cl)c(Br)c1. The highest BCUT2D eigenvalue weighted by Crippen LogP contribution is 2.32. The second kappa shape index (κ2) is 22.0. The summed E-state index contributed by atoms with van der Waals surface area (Å²) in [5, 5.41) is 14.9. The van der Waals surface area contributed by atoms with Crippen molar-refractivity contribution in [2.75, 3.05) is 37.5 Å². The third-order valence-electron chi connectivity index (χ3n) is 8.25. The molecule has 312 valence electrons. The average molecular weight is 1010 g/mol. The third-order valence-corrected chi connectivity index (χ3v) is 10.8. The number of isothiocyanates is 1. The van der Waals surface area contributed by atoms with Gasteiger partial charge in [0.2, 0.25) is 5.95 Å². The number of thiocarbonyl (C=S) groups is 1. The van der Waals surface area contributed by atoms with E-state index in [1.54, 1.807) is 75.7 Å². The van der Waals surface area contributed by atoms with Crippen LogP contribution in [0.3, 0.4) is 0 Å². The highest BCUT2D eigenvalue weighted by molar-refractivity contribution is 9.10. The molecule has 19 heteroatoms. The molecule has 61 heavy (non-hydrogen) atoms. The van der Waals surface area contributed by atoms with Crippen LogP contribution in [0.25, 0.3) is 11.0 Å². The number of carbonyl (C=O) groups is 2. The summed E-state index contributed by atoms with van der Waals surface area (Å²) in [6.45, 7) is 0. The molecule has 0 fully saturated rings. The number of carbonyl (C=O) groups excluding carboxylic acids is 2. The zero-order valence-electron chi connectivity index (χ0n) is 32.8. The molecule has 0 saturated carbocycles. The molecule has 3 heterocycles. The normalized spacial score (nSPS) is 10.2. The molecule has 0 atom stereocenters. The van der Waals surface area contributed by atoms with Gasteiger partial charge in [0.1, 0.15) is 34.4 Å². The highest BCUT2D eigenvalue weighted by atomic mass is 79.9. The number of nitrogen functional groups attached to an aromatic ring is 1. The van der Waals surface area contributed by atoms with Crippen molar-refractivity contribution in [3.8, 4) is 23.0 Å². The molecule has 0 radical (unpaired) electrons. The maximum absolute atomic E-state index is 11.8. The Kier molecular flexibility index (Phi) is 16.6. The number of hydrogen-bond donors (Lipinski definition) is 5. The third kappa shape index (κ3) is 12.7. The molecule has 4 aromatic carbocycles. The quantitative estimate of drug-likeness (QED) is 0.0499. The van der Waals surface area contributed by atoms with Gasteiger partial charge in [-0.3, -0.25) is 19.6 Å². The van der Waals surface area contributed by atoms with Crippen LogP contribution in [0, 0.1) is 0 Å². The zero-order valence-corrected chi connectivity index (χ0v) is 38.3. The number of aromatic nitrogens is 4. The first kappa shape index (κ1) is 46.0. The van der Waals surface area contributed by atoms with Crippen molar-refractivity contribution in [3.63, 3.8) is 0 Å². The minimum absolute atomic E-state index is 0.263. The van der Waals surface area contributed by atoms with Crippen LogP contribution >= 0.6 is 67.3 Å². The first-order chi connectivity index (χ1) is 29.3. The van der Waals surface area contributed by atoms with E-state index < -0.39 is 0 Å². The Labute approximate surface area is 383 Å². The van der Waals surface area contributed by atoms with E-state index in [4.69, 9.17) is 38.4 Å². The van der Waals surface area contributed by atoms with Crippen LogP contribution in [0.2, 0.25) is 10.0 Å². The Bertz CT molecular complexity index is 2750. The molecule has 14 nitrogen and oxygen atoms in total. The zero-order chi connectivity index (χ0) is 44.1. The van der Waals surface area contributed by atoms with E-state index >= 15 is 0 Å². The molecule has 0 unspecified atom stereocenters. The van der Waals surface area contributed by atoms with Crippen LogP contribution in [-0.4, -0.2) is 57.6 Å². The molecule has 0 aliphatic heterocycles. The Morgan fingerprint density at radius 3 is 1.85 bits per heavy atom. The molecular weight excluding hydrogens is 971 g/mol. The monoisotopic (exact) mass is 1000 g/mol. The van der Waals surface area contributed by atoms with Crippen molar-refractivity contribution in [2.45, 2.75) is 0 Å². The van der Waals surface area contributed by atoms with Gasteiger partial charge in [-0.15, -0.1) is 0 Å². The number of ether oxygens (including phenoxy) is 2. The lowest BCUT2D eigenvalue weighted by molar-refractivity contribution is 0.0950. The van der Waals surface area contributed by atoms with Crippen molar-refractivity contribution in [1.82, 2.24) is 30.2 Å². The predicted molar refractivity (Wildman–Crippen MR) is 253 cm³/mol. The molecular formula is C42H36Br2Cl2N10O4S. The Morgan fingerprint density at radius 2 is 1.31 bits per heavy atom. The van der Waals surface area contributed by atoms with E-state index in [0.29, 0.717) is 50.4 Å². The Balaban J connectivity index is 0.000000195. The molecule has 6 N–H and O–H groups in total. The van der Waals surface area contributed by atoms with Gasteiger partial charge in [-0.2, -0.15) is 4.99 Å². The van der Waals surface area contributed by atoms with Gasteiger partial charge < -0.3 is 41.0 Å². The van der Waals surface area contributed by atoms with Gasteiger partial charge >= 0.3 is 0 Å². The minimum Gasteiger partial charge on any atom is -0.457 e. The number of fused-ring (bicyclic) bond motifs is 1. The number of rotatable bonds is 10. The van der Waals surface area contributed by atoms with Crippen LogP contribution in [0.4, 0.5) is 28.7 Å². The molecule has 0 bridgehead atoms. The molecule has 0 aliphatic rings. The molecule has 7 aromatic rings. The van der Waals surface area contributed by atoms with E-state index in [1.807, 2.05) is 54.1 Å². The summed E-state index contributed by atoms with van der Waals surface area (Å²) >= 11 is 22.9. The van der Waals surface area contributed by atoms with Gasteiger partial charge in [0.05, 0.1) is 43.3 Å². The first-order valence-electron chi connectivity index (χ1n) is 17.8. The van der Waals surface area contributed by atoms with Crippen LogP contribution < -0.4 is 36.5 Å². The molecule has 0 aliphatic carbocycles. The number of benzene rings is 4. The number of hydrogen-bond acceptors (Lipinski definition) is 12.